The van der Waals surface area contributed by atoms with E-state index in [2.05, 4.69) is 44.0 Å². The van der Waals surface area contributed by atoms with Crippen LogP contribution in [0.4, 0.5) is 0 Å². The van der Waals surface area contributed by atoms with Gasteiger partial charge in [0, 0.05) is 17.7 Å². The highest BCUT2D eigenvalue weighted by Gasteiger charge is 2.17. The second-order valence-corrected chi connectivity index (χ2v) is 8.18. The van der Waals surface area contributed by atoms with Gasteiger partial charge in [-0.1, -0.05) is 43.7 Å². The number of aromatic nitrogens is 1. The summed E-state index contributed by atoms with van der Waals surface area (Å²) in [5.41, 5.74) is 3.58. The Bertz CT molecular complexity index is 832. The number of nitrogens with one attached hydrogen (secondary N) is 1. The molecule has 30 heavy (non-hydrogen) atoms. The van der Waals surface area contributed by atoms with Gasteiger partial charge in [-0.2, -0.15) is 0 Å². The molecule has 0 saturated heterocycles. The first-order chi connectivity index (χ1) is 14.2. The van der Waals surface area contributed by atoms with Crippen molar-refractivity contribution < 1.29 is 14.6 Å². The SMILES string of the molecule is CC=C(C)[C@H](O)[C@H](C)CC(C)C=CCC(C)=CCc1[nH]c(OC)c(OC)c(=O)c1C. The van der Waals surface area contributed by atoms with Gasteiger partial charge in [0.15, 0.2) is 0 Å². The van der Waals surface area contributed by atoms with Gasteiger partial charge in [-0.15, -0.1) is 0 Å². The predicted octanol–water partition coefficient (Wildman–Crippen LogP) is 5.13. The topological polar surface area (TPSA) is 71.6 Å². The molecular weight excluding hydrogens is 378 g/mol. The number of H-pyrrole nitrogens is 1. The highest BCUT2D eigenvalue weighted by Crippen LogP contribution is 2.23. The molecule has 168 valence electrons. The van der Waals surface area contributed by atoms with Crippen molar-refractivity contribution in [2.75, 3.05) is 14.2 Å². The molecule has 0 aliphatic carbocycles. The van der Waals surface area contributed by atoms with Crippen molar-refractivity contribution in [3.63, 3.8) is 0 Å². The number of aromatic amines is 1. The van der Waals surface area contributed by atoms with Crippen molar-refractivity contribution in [2.45, 2.75) is 66.9 Å². The lowest BCUT2D eigenvalue weighted by Crippen LogP contribution is -2.20. The van der Waals surface area contributed by atoms with Crippen LogP contribution in [0, 0.1) is 18.8 Å². The largest absolute Gasteiger partial charge is 0.488 e. The lowest BCUT2D eigenvalue weighted by Gasteiger charge is -2.21. The average Bonchev–Trinajstić information content (AvgIpc) is 2.73. The van der Waals surface area contributed by atoms with Crippen LogP contribution in [0.5, 0.6) is 11.6 Å². The van der Waals surface area contributed by atoms with Crippen molar-refractivity contribution in [3.05, 3.63) is 56.9 Å². The van der Waals surface area contributed by atoms with Gasteiger partial charge in [0.25, 0.3) is 0 Å². The Kier molecular flexibility index (Phi) is 10.7. The van der Waals surface area contributed by atoms with Crippen molar-refractivity contribution in [1.29, 1.82) is 0 Å². The Morgan fingerprint density at radius 1 is 1.20 bits per heavy atom. The monoisotopic (exact) mass is 417 g/mol. The Balaban J connectivity index is 2.71. The first kappa shape index (κ1) is 25.8. The standard InChI is InChI=1S/C25H39NO4/c1-9-18(4)22(27)19(5)15-17(3)12-10-11-16(2)13-14-21-20(6)23(28)24(29-7)25(26-21)30-8/h9-10,12-13,17,19,22,27H,11,14-15H2,1-8H3,(H,26,28)/t17?,19-,22+/m1/s1. The predicted molar refractivity (Wildman–Crippen MR) is 125 cm³/mol. The molecule has 0 amide bonds. The van der Waals surface area contributed by atoms with Crippen LogP contribution in [-0.2, 0) is 6.42 Å². The molecule has 5 heteroatoms. The van der Waals surface area contributed by atoms with Gasteiger partial charge in [0.05, 0.1) is 20.3 Å². The normalized spacial score (nSPS) is 15.9. The summed E-state index contributed by atoms with van der Waals surface area (Å²) in [7, 11) is 2.98. The summed E-state index contributed by atoms with van der Waals surface area (Å²) in [6, 6.07) is 0. The molecule has 0 fully saturated rings. The Labute approximate surface area is 181 Å². The van der Waals surface area contributed by atoms with Crippen LogP contribution in [0.15, 0.2) is 40.2 Å². The minimum absolute atomic E-state index is 0.146. The second kappa shape index (κ2) is 12.4. The number of aliphatic hydroxyl groups excluding tert-OH is 1. The molecule has 0 aliphatic rings. The van der Waals surface area contributed by atoms with Crippen molar-refractivity contribution in [2.24, 2.45) is 11.8 Å². The summed E-state index contributed by atoms with van der Waals surface area (Å²) >= 11 is 0. The summed E-state index contributed by atoms with van der Waals surface area (Å²) in [5.74, 6) is 1.19. The molecule has 1 unspecified atom stereocenters. The van der Waals surface area contributed by atoms with Crippen LogP contribution in [0.25, 0.3) is 0 Å². The van der Waals surface area contributed by atoms with Gasteiger partial charge in [0.2, 0.25) is 17.1 Å². The third-order valence-electron chi connectivity index (χ3n) is 5.64. The second-order valence-electron chi connectivity index (χ2n) is 8.18. The number of methoxy groups -OCH3 is 2. The molecule has 1 aromatic heterocycles. The van der Waals surface area contributed by atoms with Crippen molar-refractivity contribution >= 4 is 0 Å². The fraction of sp³-hybridized carbons (Fsp3) is 0.560. The molecule has 1 heterocycles. The van der Waals surface area contributed by atoms with Crippen LogP contribution in [0.1, 0.15) is 58.7 Å². The quantitative estimate of drug-likeness (QED) is 0.490. The van der Waals surface area contributed by atoms with Crippen LogP contribution in [0.3, 0.4) is 0 Å². The maximum Gasteiger partial charge on any atom is 0.238 e. The summed E-state index contributed by atoms with van der Waals surface area (Å²) in [6.07, 6.45) is 10.5. The molecule has 1 aromatic rings. The van der Waals surface area contributed by atoms with Crippen LogP contribution in [-0.4, -0.2) is 30.4 Å². The van der Waals surface area contributed by atoms with Gasteiger partial charge in [-0.25, -0.2) is 0 Å². The maximum atomic E-state index is 12.4. The lowest BCUT2D eigenvalue weighted by molar-refractivity contribution is 0.139. The number of hydrogen-bond donors (Lipinski definition) is 2. The van der Waals surface area contributed by atoms with Gasteiger partial charge in [-0.3, -0.25) is 4.79 Å². The highest BCUT2D eigenvalue weighted by molar-refractivity contribution is 5.40. The minimum atomic E-state index is -0.376. The van der Waals surface area contributed by atoms with E-state index < -0.39 is 0 Å². The van der Waals surface area contributed by atoms with Crippen LogP contribution >= 0.6 is 0 Å². The molecule has 3 atom stereocenters. The Hall–Kier alpha value is -2.27. The zero-order valence-electron chi connectivity index (χ0n) is 19.8. The summed E-state index contributed by atoms with van der Waals surface area (Å²) in [4.78, 5) is 15.6. The molecule has 0 aromatic carbocycles. The first-order valence-electron chi connectivity index (χ1n) is 10.6. The number of rotatable bonds is 11. The third-order valence-corrected chi connectivity index (χ3v) is 5.64. The molecular formula is C25H39NO4. The van der Waals surface area contributed by atoms with E-state index in [0.29, 0.717) is 23.8 Å². The Morgan fingerprint density at radius 2 is 1.87 bits per heavy atom. The molecule has 5 nitrogen and oxygen atoms in total. The molecule has 0 radical (unpaired) electrons. The molecule has 2 N–H and O–H groups in total. The van der Waals surface area contributed by atoms with E-state index in [0.717, 1.165) is 24.1 Å². The van der Waals surface area contributed by atoms with E-state index >= 15 is 0 Å². The first-order valence-corrected chi connectivity index (χ1v) is 10.6. The molecule has 0 bridgehead atoms. The van der Waals surface area contributed by atoms with Gasteiger partial charge in [-0.05, 0) is 57.9 Å². The summed E-state index contributed by atoms with van der Waals surface area (Å²) in [6.45, 7) is 12.1. The fourth-order valence-electron chi connectivity index (χ4n) is 3.49. The average molecular weight is 418 g/mol. The lowest BCUT2D eigenvalue weighted by atomic mass is 9.89. The summed E-state index contributed by atoms with van der Waals surface area (Å²) in [5, 5.41) is 10.3. The third kappa shape index (κ3) is 7.21. The molecule has 0 aliphatic heterocycles. The van der Waals surface area contributed by atoms with Crippen molar-refractivity contribution in [3.8, 4) is 11.6 Å². The number of ether oxygens (including phenoxy) is 2. The molecule has 0 spiro atoms. The zero-order chi connectivity index (χ0) is 22.8. The fourth-order valence-corrected chi connectivity index (χ4v) is 3.49. The number of hydrogen-bond acceptors (Lipinski definition) is 4. The van der Waals surface area contributed by atoms with Crippen molar-refractivity contribution in [1.82, 2.24) is 4.98 Å². The maximum absolute atomic E-state index is 12.4. The molecule has 0 saturated carbocycles. The van der Waals surface area contributed by atoms with E-state index in [1.54, 1.807) is 6.92 Å². The minimum Gasteiger partial charge on any atom is -0.488 e. The Morgan fingerprint density at radius 3 is 2.43 bits per heavy atom. The van der Waals surface area contributed by atoms with Gasteiger partial charge >= 0.3 is 0 Å². The summed E-state index contributed by atoms with van der Waals surface area (Å²) < 4.78 is 10.4. The van der Waals surface area contributed by atoms with Gasteiger partial charge < -0.3 is 19.6 Å². The highest BCUT2D eigenvalue weighted by atomic mass is 16.5. The molecule has 1 rings (SSSR count). The van der Waals surface area contributed by atoms with E-state index in [9.17, 15) is 9.90 Å². The van der Waals surface area contributed by atoms with Gasteiger partial charge in [0.1, 0.15) is 0 Å². The van der Waals surface area contributed by atoms with E-state index in [1.165, 1.54) is 19.8 Å². The van der Waals surface area contributed by atoms with Crippen LogP contribution in [0.2, 0.25) is 0 Å². The van der Waals surface area contributed by atoms with Crippen LogP contribution < -0.4 is 14.9 Å². The number of pyridine rings is 1. The van der Waals surface area contributed by atoms with E-state index in [-0.39, 0.29) is 23.2 Å². The van der Waals surface area contributed by atoms with E-state index in [1.807, 2.05) is 19.9 Å². The zero-order valence-corrected chi connectivity index (χ0v) is 19.8. The number of aliphatic hydroxyl groups is 1. The number of allylic oxidation sites excluding steroid dienone is 5. The smallest absolute Gasteiger partial charge is 0.238 e. The van der Waals surface area contributed by atoms with E-state index in [4.69, 9.17) is 9.47 Å².